The number of aryl methyl sites for hydroxylation is 2. The molecule has 0 saturated carbocycles. The fraction of sp³-hybridized carbons (Fsp3) is 0.105. The molecule has 2 aromatic carbocycles. The van der Waals surface area contributed by atoms with Gasteiger partial charge in [0.05, 0.1) is 5.69 Å². The zero-order valence-corrected chi connectivity index (χ0v) is 14.4. The summed E-state index contributed by atoms with van der Waals surface area (Å²) in [6, 6.07) is 14.9. The molecule has 0 atom stereocenters. The van der Waals surface area contributed by atoms with Crippen LogP contribution >= 0.6 is 0 Å². The third kappa shape index (κ3) is 4.54. The van der Waals surface area contributed by atoms with Gasteiger partial charge < -0.3 is 16.0 Å². The second kappa shape index (κ2) is 7.60. The van der Waals surface area contributed by atoms with E-state index < -0.39 is 6.03 Å². The first-order valence-electron chi connectivity index (χ1n) is 8.01. The molecule has 6 nitrogen and oxygen atoms in total. The quantitative estimate of drug-likeness (QED) is 0.641. The van der Waals surface area contributed by atoms with E-state index in [-0.39, 0.29) is 5.82 Å². The number of nitrogens with zero attached hydrogens (tertiary/aromatic N) is 2. The number of urea groups is 1. The van der Waals surface area contributed by atoms with Gasteiger partial charge in [-0.3, -0.25) is 0 Å². The van der Waals surface area contributed by atoms with E-state index >= 15 is 0 Å². The first-order valence-corrected chi connectivity index (χ1v) is 8.01. The molecule has 0 unspecified atom stereocenters. The van der Waals surface area contributed by atoms with Gasteiger partial charge >= 0.3 is 6.03 Å². The van der Waals surface area contributed by atoms with Crippen LogP contribution in [0.15, 0.2) is 54.6 Å². The van der Waals surface area contributed by atoms with Gasteiger partial charge in [-0.25, -0.2) is 9.18 Å². The SMILES string of the molecule is Cc1ccc(Nc2ccc(NC(=O)Nc3ccc(C)c(F)c3)cc2)nn1. The Morgan fingerprint density at radius 1 is 0.846 bits per heavy atom. The molecule has 1 heterocycles. The minimum Gasteiger partial charge on any atom is -0.339 e. The lowest BCUT2D eigenvalue weighted by Gasteiger charge is -2.10. The van der Waals surface area contributed by atoms with E-state index in [1.54, 1.807) is 31.2 Å². The molecular formula is C19H18FN5O. The molecule has 132 valence electrons. The largest absolute Gasteiger partial charge is 0.339 e. The molecule has 0 aliphatic carbocycles. The van der Waals surface area contributed by atoms with E-state index in [4.69, 9.17) is 0 Å². The molecule has 0 fully saturated rings. The molecule has 0 aliphatic heterocycles. The van der Waals surface area contributed by atoms with Crippen molar-refractivity contribution in [2.45, 2.75) is 13.8 Å². The number of amides is 2. The number of carbonyl (C=O) groups excluding carboxylic acids is 1. The number of hydrogen-bond acceptors (Lipinski definition) is 4. The highest BCUT2D eigenvalue weighted by Gasteiger charge is 2.05. The smallest absolute Gasteiger partial charge is 0.323 e. The Morgan fingerprint density at radius 3 is 2.15 bits per heavy atom. The van der Waals surface area contributed by atoms with E-state index in [1.807, 2.05) is 31.2 Å². The molecule has 3 N–H and O–H groups in total. The third-order valence-electron chi connectivity index (χ3n) is 3.64. The average Bonchev–Trinajstić information content (AvgIpc) is 2.62. The summed E-state index contributed by atoms with van der Waals surface area (Å²) in [6.07, 6.45) is 0. The molecule has 2 amide bonds. The van der Waals surface area contributed by atoms with Crippen LogP contribution in [-0.4, -0.2) is 16.2 Å². The van der Waals surface area contributed by atoms with Gasteiger partial charge in [-0.05, 0) is 67.9 Å². The second-order valence-electron chi connectivity index (χ2n) is 5.81. The van der Waals surface area contributed by atoms with Crippen molar-refractivity contribution in [3.63, 3.8) is 0 Å². The zero-order chi connectivity index (χ0) is 18.5. The maximum atomic E-state index is 13.5. The number of aromatic nitrogens is 2. The molecular weight excluding hydrogens is 333 g/mol. The van der Waals surface area contributed by atoms with Gasteiger partial charge in [0.1, 0.15) is 5.82 Å². The van der Waals surface area contributed by atoms with Crippen LogP contribution in [0.1, 0.15) is 11.3 Å². The van der Waals surface area contributed by atoms with Gasteiger partial charge in [0, 0.05) is 17.1 Å². The van der Waals surface area contributed by atoms with E-state index in [0.29, 0.717) is 22.8 Å². The molecule has 26 heavy (non-hydrogen) atoms. The Labute approximate surface area is 150 Å². The molecule has 0 radical (unpaired) electrons. The second-order valence-corrected chi connectivity index (χ2v) is 5.81. The zero-order valence-electron chi connectivity index (χ0n) is 14.4. The Kier molecular flexibility index (Phi) is 5.07. The predicted molar refractivity (Wildman–Crippen MR) is 100 cm³/mol. The number of nitrogens with one attached hydrogen (secondary N) is 3. The van der Waals surface area contributed by atoms with Gasteiger partial charge in [0.25, 0.3) is 0 Å². The maximum absolute atomic E-state index is 13.5. The summed E-state index contributed by atoms with van der Waals surface area (Å²) in [7, 11) is 0. The topological polar surface area (TPSA) is 78.9 Å². The third-order valence-corrected chi connectivity index (χ3v) is 3.64. The number of halogens is 1. The molecule has 3 aromatic rings. The first kappa shape index (κ1) is 17.3. The summed E-state index contributed by atoms with van der Waals surface area (Å²) in [4.78, 5) is 12.0. The molecule has 0 aliphatic rings. The van der Waals surface area contributed by atoms with Crippen molar-refractivity contribution in [2.75, 3.05) is 16.0 Å². The average molecular weight is 351 g/mol. The van der Waals surface area contributed by atoms with Crippen molar-refractivity contribution < 1.29 is 9.18 Å². The monoisotopic (exact) mass is 351 g/mol. The molecule has 7 heteroatoms. The van der Waals surface area contributed by atoms with E-state index in [1.165, 1.54) is 6.07 Å². The van der Waals surface area contributed by atoms with Crippen molar-refractivity contribution in [2.24, 2.45) is 0 Å². The van der Waals surface area contributed by atoms with Gasteiger partial charge in [-0.2, -0.15) is 5.10 Å². The Hall–Kier alpha value is -3.48. The lowest BCUT2D eigenvalue weighted by atomic mass is 10.2. The number of benzene rings is 2. The summed E-state index contributed by atoms with van der Waals surface area (Å²) >= 11 is 0. The fourth-order valence-corrected chi connectivity index (χ4v) is 2.21. The number of hydrogen-bond donors (Lipinski definition) is 3. The highest BCUT2D eigenvalue weighted by atomic mass is 19.1. The summed E-state index contributed by atoms with van der Waals surface area (Å²) in [5.74, 6) is 0.271. The summed E-state index contributed by atoms with van der Waals surface area (Å²) in [6.45, 7) is 3.53. The molecule has 0 saturated heterocycles. The van der Waals surface area contributed by atoms with E-state index in [9.17, 15) is 9.18 Å². The standard InChI is InChI=1S/C19H18FN5O/c1-12-3-5-16(11-17(12)20)23-19(26)22-15-8-6-14(7-9-15)21-18-10-4-13(2)24-25-18/h3-11H,1-2H3,(H,21,25)(H2,22,23,26). The number of rotatable bonds is 4. The highest BCUT2D eigenvalue weighted by Crippen LogP contribution is 2.18. The van der Waals surface area contributed by atoms with Crippen molar-refractivity contribution in [1.29, 1.82) is 0 Å². The van der Waals surface area contributed by atoms with E-state index in [0.717, 1.165) is 11.4 Å². The van der Waals surface area contributed by atoms with Crippen LogP contribution in [-0.2, 0) is 0 Å². The summed E-state index contributed by atoms with van der Waals surface area (Å²) in [5, 5.41) is 16.4. The van der Waals surface area contributed by atoms with Crippen molar-refractivity contribution in [3.05, 3.63) is 71.7 Å². The van der Waals surface area contributed by atoms with Gasteiger partial charge in [0.15, 0.2) is 5.82 Å². The van der Waals surface area contributed by atoms with Crippen molar-refractivity contribution in [1.82, 2.24) is 10.2 Å². The van der Waals surface area contributed by atoms with Gasteiger partial charge in [-0.1, -0.05) is 6.07 Å². The van der Waals surface area contributed by atoms with Crippen molar-refractivity contribution in [3.8, 4) is 0 Å². The summed E-state index contributed by atoms with van der Waals surface area (Å²) < 4.78 is 13.5. The molecule has 0 spiro atoms. The lowest BCUT2D eigenvalue weighted by Crippen LogP contribution is -2.19. The maximum Gasteiger partial charge on any atom is 0.323 e. The van der Waals surface area contributed by atoms with Crippen LogP contribution in [0.4, 0.5) is 32.1 Å². The van der Waals surface area contributed by atoms with Crippen LogP contribution in [0, 0.1) is 19.7 Å². The van der Waals surface area contributed by atoms with Crippen LogP contribution in [0.2, 0.25) is 0 Å². The minimum atomic E-state index is -0.446. The molecule has 3 rings (SSSR count). The fourth-order valence-electron chi connectivity index (χ4n) is 2.21. The normalized spacial score (nSPS) is 10.3. The molecule has 1 aromatic heterocycles. The number of carbonyl (C=O) groups is 1. The van der Waals surface area contributed by atoms with E-state index in [2.05, 4.69) is 26.1 Å². The highest BCUT2D eigenvalue weighted by molar-refractivity contribution is 5.99. The van der Waals surface area contributed by atoms with Gasteiger partial charge in [0.2, 0.25) is 0 Å². The van der Waals surface area contributed by atoms with Crippen LogP contribution < -0.4 is 16.0 Å². The summed E-state index contributed by atoms with van der Waals surface area (Å²) in [5.41, 5.74) is 3.18. The number of anilines is 4. The van der Waals surface area contributed by atoms with Crippen LogP contribution in [0.3, 0.4) is 0 Å². The minimum absolute atomic E-state index is 0.363. The first-order chi connectivity index (χ1) is 12.5. The van der Waals surface area contributed by atoms with Crippen LogP contribution in [0.25, 0.3) is 0 Å². The predicted octanol–water partition coefficient (Wildman–Crippen LogP) is 4.62. The Balaban J connectivity index is 1.58. The molecule has 0 bridgehead atoms. The van der Waals surface area contributed by atoms with Crippen molar-refractivity contribution >= 4 is 28.9 Å². The lowest BCUT2D eigenvalue weighted by molar-refractivity contribution is 0.262. The van der Waals surface area contributed by atoms with Gasteiger partial charge in [-0.15, -0.1) is 5.10 Å². The Morgan fingerprint density at radius 2 is 1.50 bits per heavy atom. The Bertz CT molecular complexity index is 910. The van der Waals surface area contributed by atoms with Crippen LogP contribution in [0.5, 0.6) is 0 Å².